The minimum absolute atomic E-state index is 0. The Labute approximate surface area is 128 Å². The molecule has 0 spiro atoms. The van der Waals surface area contributed by atoms with Crippen LogP contribution in [0.25, 0.3) is 0 Å². The highest BCUT2D eigenvalue weighted by molar-refractivity contribution is 5.96. The molecule has 7 heteroatoms. The molecule has 1 aliphatic carbocycles. The van der Waals surface area contributed by atoms with Crippen LogP contribution in [0.15, 0.2) is 24.2 Å². The van der Waals surface area contributed by atoms with Crippen molar-refractivity contribution in [2.45, 2.75) is 25.4 Å². The number of halogens is 2. The summed E-state index contributed by atoms with van der Waals surface area (Å²) in [6, 6.07) is 2.18. The maximum atomic E-state index is 12.4. The van der Waals surface area contributed by atoms with Gasteiger partial charge >= 0.3 is 0 Å². The first kappa shape index (κ1) is 15.7. The number of hydrogen-bond donors (Lipinski definition) is 1. The van der Waals surface area contributed by atoms with Gasteiger partial charge in [0, 0.05) is 30.3 Å². The molecule has 2 heterocycles. The molecule has 5 nitrogen and oxygen atoms in total. The topological polar surface area (TPSA) is 68.5 Å². The van der Waals surface area contributed by atoms with Gasteiger partial charge < -0.3 is 15.4 Å². The van der Waals surface area contributed by atoms with Crippen LogP contribution in [-0.4, -0.2) is 35.0 Å². The van der Waals surface area contributed by atoms with Crippen molar-refractivity contribution >= 4 is 18.3 Å². The molecule has 1 aromatic rings. The van der Waals surface area contributed by atoms with Crippen LogP contribution in [0.5, 0.6) is 5.75 Å². The van der Waals surface area contributed by atoms with Gasteiger partial charge in [-0.3, -0.25) is 4.79 Å². The molecule has 1 saturated carbocycles. The zero-order valence-corrected chi connectivity index (χ0v) is 12.2. The first-order chi connectivity index (χ1) is 9.72. The molecule has 2 N–H and O–H groups in total. The van der Waals surface area contributed by atoms with Crippen LogP contribution >= 0.6 is 12.4 Å². The van der Waals surface area contributed by atoms with E-state index >= 15 is 0 Å². The molecule has 1 fully saturated rings. The first-order valence-electron chi connectivity index (χ1n) is 6.64. The highest BCUT2D eigenvalue weighted by Gasteiger charge is 2.39. The average Bonchev–Trinajstić information content (AvgIpc) is 3.25. The summed E-state index contributed by atoms with van der Waals surface area (Å²) >= 11 is 0. The number of fused-ring (bicyclic) bond motifs is 1. The minimum Gasteiger partial charge on any atom is -0.487 e. The normalized spacial score (nSPS) is 17.5. The summed E-state index contributed by atoms with van der Waals surface area (Å²) < 4.78 is 17.8. The summed E-state index contributed by atoms with van der Waals surface area (Å²) in [7, 11) is 0. The molecule has 0 unspecified atom stereocenters. The van der Waals surface area contributed by atoms with Gasteiger partial charge in [-0.2, -0.15) is 0 Å². The summed E-state index contributed by atoms with van der Waals surface area (Å²) in [5.41, 5.74) is 7.11. The molecule has 2 aliphatic rings. The third kappa shape index (κ3) is 3.16. The number of nitrogens with zero attached hydrogens (tertiary/aromatic N) is 2. The van der Waals surface area contributed by atoms with Gasteiger partial charge in [0.25, 0.3) is 5.91 Å². The number of ether oxygens (including phenoxy) is 1. The number of carbonyl (C=O) groups is 1. The van der Waals surface area contributed by atoms with Crippen LogP contribution in [0, 0.1) is 0 Å². The Hall–Kier alpha value is -1.66. The molecule has 0 saturated heterocycles. The fourth-order valence-corrected chi connectivity index (χ4v) is 2.26. The Balaban J connectivity index is 0.00000161. The maximum absolute atomic E-state index is 12.4. The van der Waals surface area contributed by atoms with E-state index in [0.29, 0.717) is 35.9 Å². The highest BCUT2D eigenvalue weighted by atomic mass is 35.5. The third-order valence-corrected chi connectivity index (χ3v) is 3.57. The lowest BCUT2D eigenvalue weighted by molar-refractivity contribution is 0.0762. The van der Waals surface area contributed by atoms with Crippen molar-refractivity contribution in [2.75, 3.05) is 13.2 Å². The first-order valence-corrected chi connectivity index (χ1v) is 6.64. The van der Waals surface area contributed by atoms with E-state index in [4.69, 9.17) is 10.5 Å². The van der Waals surface area contributed by atoms with Crippen molar-refractivity contribution in [1.82, 2.24) is 9.88 Å². The quantitative estimate of drug-likeness (QED) is 0.900. The van der Waals surface area contributed by atoms with Gasteiger partial charge in [0.1, 0.15) is 18.1 Å². The van der Waals surface area contributed by atoms with E-state index < -0.39 is 0 Å². The number of amides is 1. The van der Waals surface area contributed by atoms with Gasteiger partial charge in [-0.25, -0.2) is 9.37 Å². The van der Waals surface area contributed by atoms with Gasteiger partial charge in [-0.05, 0) is 18.9 Å². The Morgan fingerprint density at radius 2 is 2.33 bits per heavy atom. The van der Waals surface area contributed by atoms with Crippen molar-refractivity contribution in [1.29, 1.82) is 0 Å². The van der Waals surface area contributed by atoms with E-state index in [0.717, 1.165) is 18.4 Å². The van der Waals surface area contributed by atoms with Crippen molar-refractivity contribution in [3.05, 3.63) is 35.4 Å². The van der Waals surface area contributed by atoms with Crippen molar-refractivity contribution in [2.24, 2.45) is 5.73 Å². The molecule has 0 radical (unpaired) electrons. The fourth-order valence-electron chi connectivity index (χ4n) is 2.26. The zero-order valence-electron chi connectivity index (χ0n) is 11.4. The SMILES string of the molecule is Cl.NC/C(=C/F)COc1cnc2c(c1)CN(C1CC1)C2=O. The summed E-state index contributed by atoms with van der Waals surface area (Å²) in [5.74, 6) is 0.530. The lowest BCUT2D eigenvalue weighted by atomic mass is 10.2. The van der Waals surface area contributed by atoms with E-state index in [2.05, 4.69) is 4.98 Å². The third-order valence-electron chi connectivity index (χ3n) is 3.57. The van der Waals surface area contributed by atoms with E-state index in [1.54, 1.807) is 6.07 Å². The molecule has 1 aliphatic heterocycles. The maximum Gasteiger partial charge on any atom is 0.273 e. The average molecular weight is 314 g/mol. The summed E-state index contributed by atoms with van der Waals surface area (Å²) in [4.78, 5) is 18.1. The number of aromatic nitrogens is 1. The summed E-state index contributed by atoms with van der Waals surface area (Å²) in [5, 5.41) is 0. The predicted molar refractivity (Wildman–Crippen MR) is 78.1 cm³/mol. The second-order valence-electron chi connectivity index (χ2n) is 5.10. The van der Waals surface area contributed by atoms with Crippen LogP contribution in [0.1, 0.15) is 28.9 Å². The molecule has 3 rings (SSSR count). The molecule has 1 aromatic heterocycles. The number of hydrogen-bond acceptors (Lipinski definition) is 4. The van der Waals surface area contributed by atoms with Crippen molar-refractivity contribution in [3.63, 3.8) is 0 Å². The Morgan fingerprint density at radius 3 is 2.95 bits per heavy atom. The van der Waals surface area contributed by atoms with Crippen molar-refractivity contribution < 1.29 is 13.9 Å². The standard InChI is InChI=1S/C14H16FN3O2.ClH/c15-4-9(5-16)8-20-12-3-10-7-18(11-1-2-11)14(19)13(10)17-6-12;/h3-4,6,11H,1-2,5,7-8,16H2;1H/b9-4-;. The van der Waals surface area contributed by atoms with Gasteiger partial charge in [0.2, 0.25) is 0 Å². The molecule has 0 bridgehead atoms. The van der Waals surface area contributed by atoms with E-state index in [-0.39, 0.29) is 31.5 Å². The van der Waals surface area contributed by atoms with Gasteiger partial charge in [-0.15, -0.1) is 12.4 Å². The monoisotopic (exact) mass is 313 g/mol. The van der Waals surface area contributed by atoms with Crippen LogP contribution in [0.2, 0.25) is 0 Å². The molecule has 1 amide bonds. The van der Waals surface area contributed by atoms with Crippen LogP contribution in [-0.2, 0) is 6.54 Å². The predicted octanol–water partition coefficient (Wildman–Crippen LogP) is 1.81. The van der Waals surface area contributed by atoms with Gasteiger partial charge in [-0.1, -0.05) is 0 Å². The van der Waals surface area contributed by atoms with Crippen molar-refractivity contribution in [3.8, 4) is 5.75 Å². The number of rotatable bonds is 5. The lowest BCUT2D eigenvalue weighted by Crippen LogP contribution is -2.26. The molecular formula is C14H17ClFN3O2. The minimum atomic E-state index is 0. The zero-order chi connectivity index (χ0) is 14.1. The second-order valence-corrected chi connectivity index (χ2v) is 5.10. The number of pyridine rings is 1. The lowest BCUT2D eigenvalue weighted by Gasteiger charge is -2.12. The Morgan fingerprint density at radius 1 is 1.57 bits per heavy atom. The van der Waals surface area contributed by atoms with E-state index in [1.807, 2.05) is 4.90 Å². The summed E-state index contributed by atoms with van der Waals surface area (Å²) in [6.45, 7) is 0.794. The molecule has 0 atom stereocenters. The number of carbonyl (C=O) groups excluding carboxylic acids is 1. The molecule has 0 aromatic carbocycles. The Kier molecular flexibility index (Phi) is 4.80. The smallest absolute Gasteiger partial charge is 0.273 e. The van der Waals surface area contributed by atoms with Crippen LogP contribution in [0.4, 0.5) is 4.39 Å². The van der Waals surface area contributed by atoms with E-state index in [9.17, 15) is 9.18 Å². The van der Waals surface area contributed by atoms with Crippen LogP contribution < -0.4 is 10.5 Å². The van der Waals surface area contributed by atoms with Gasteiger partial charge in [0.05, 0.1) is 12.5 Å². The Bertz CT molecular complexity index is 575. The molecular weight excluding hydrogens is 297 g/mol. The molecule has 21 heavy (non-hydrogen) atoms. The largest absolute Gasteiger partial charge is 0.487 e. The number of nitrogens with two attached hydrogens (primary N) is 1. The second kappa shape index (κ2) is 6.41. The fraction of sp³-hybridized carbons (Fsp3) is 0.429. The molecule has 114 valence electrons. The van der Waals surface area contributed by atoms with Gasteiger partial charge in [0.15, 0.2) is 0 Å². The summed E-state index contributed by atoms with van der Waals surface area (Å²) in [6.07, 6.45) is 4.10. The highest BCUT2D eigenvalue weighted by Crippen LogP contribution is 2.34. The van der Waals surface area contributed by atoms with Crippen LogP contribution in [0.3, 0.4) is 0 Å². The van der Waals surface area contributed by atoms with E-state index in [1.165, 1.54) is 6.20 Å².